The fraction of sp³-hybridized carbons (Fsp3) is 0.867. The van der Waals surface area contributed by atoms with Crippen LogP contribution in [-0.4, -0.2) is 49.7 Å². The van der Waals surface area contributed by atoms with E-state index in [-0.39, 0.29) is 12.8 Å². The molecule has 0 aliphatic heterocycles. The minimum atomic E-state index is -3.22. The first kappa shape index (κ1) is 36.0. The van der Waals surface area contributed by atoms with E-state index < -0.39 is 47.5 Å². The summed E-state index contributed by atoms with van der Waals surface area (Å²) in [5.41, 5.74) is -5.91. The third-order valence-electron chi connectivity index (χ3n) is 7.72. The standard InChI is InChI=1S/C30H54O8/c1-3-5-7-8-9-10-11-12-13-14-15-16-17-18-19-21-23-29(27(34)35,25(31)22-20-6-4-2)30(38,28(36)37)24-26(32)33/h38H,3-24H2,1-2H3,(H,32,33)(H,34,35)(H,36,37). The summed E-state index contributed by atoms with van der Waals surface area (Å²) in [6.07, 6.45) is 17.6. The fourth-order valence-electron chi connectivity index (χ4n) is 5.30. The molecular weight excluding hydrogens is 488 g/mol. The van der Waals surface area contributed by atoms with Gasteiger partial charge in [-0.25, -0.2) is 4.79 Å². The Balaban J connectivity index is 4.68. The van der Waals surface area contributed by atoms with Crippen LogP contribution in [0.25, 0.3) is 0 Å². The van der Waals surface area contributed by atoms with Crippen LogP contribution < -0.4 is 0 Å². The van der Waals surface area contributed by atoms with Gasteiger partial charge < -0.3 is 20.4 Å². The van der Waals surface area contributed by atoms with Crippen LogP contribution in [0.2, 0.25) is 0 Å². The number of Topliss-reactive ketones (excluding diaryl/α,β-unsaturated/α-hetero) is 1. The molecule has 0 aliphatic carbocycles. The van der Waals surface area contributed by atoms with Crippen LogP contribution in [0, 0.1) is 5.41 Å². The quantitative estimate of drug-likeness (QED) is 0.0631. The van der Waals surface area contributed by atoms with Gasteiger partial charge in [-0.2, -0.15) is 0 Å². The van der Waals surface area contributed by atoms with E-state index in [0.717, 1.165) is 32.1 Å². The first-order valence-corrected chi connectivity index (χ1v) is 15.0. The molecule has 0 saturated heterocycles. The van der Waals surface area contributed by atoms with Gasteiger partial charge in [0.15, 0.2) is 16.8 Å². The molecule has 2 atom stereocenters. The number of carbonyl (C=O) groups is 4. The normalized spacial score (nSPS) is 14.5. The molecule has 8 heteroatoms. The summed E-state index contributed by atoms with van der Waals surface area (Å²) in [5, 5.41) is 39.9. The second-order valence-corrected chi connectivity index (χ2v) is 10.9. The van der Waals surface area contributed by atoms with Crippen LogP contribution in [0.4, 0.5) is 0 Å². The highest BCUT2D eigenvalue weighted by Gasteiger charge is 2.65. The summed E-state index contributed by atoms with van der Waals surface area (Å²) in [6.45, 7) is 4.14. The van der Waals surface area contributed by atoms with Crippen molar-refractivity contribution < 1.29 is 39.6 Å². The fourth-order valence-corrected chi connectivity index (χ4v) is 5.30. The third-order valence-corrected chi connectivity index (χ3v) is 7.72. The summed E-state index contributed by atoms with van der Waals surface area (Å²) in [4.78, 5) is 48.8. The molecular formula is C30H54O8. The smallest absolute Gasteiger partial charge is 0.338 e. The molecule has 0 spiro atoms. The van der Waals surface area contributed by atoms with E-state index in [9.17, 15) is 39.6 Å². The first-order valence-electron chi connectivity index (χ1n) is 15.0. The molecule has 4 N–H and O–H groups in total. The Hall–Kier alpha value is -1.96. The van der Waals surface area contributed by atoms with E-state index in [1.807, 2.05) is 6.92 Å². The van der Waals surface area contributed by atoms with E-state index in [0.29, 0.717) is 19.3 Å². The minimum absolute atomic E-state index is 0.214. The SMILES string of the molecule is CCCCCCCCCCCCCCCCCCC(C(=O)O)(C(=O)CCCCC)C(O)(CC(=O)O)C(=O)O. The zero-order valence-corrected chi connectivity index (χ0v) is 24.0. The summed E-state index contributed by atoms with van der Waals surface area (Å²) in [5.74, 6) is -6.35. The van der Waals surface area contributed by atoms with Crippen molar-refractivity contribution in [3.63, 3.8) is 0 Å². The lowest BCUT2D eigenvalue weighted by Gasteiger charge is -2.39. The Labute approximate surface area is 229 Å². The molecule has 0 fully saturated rings. The predicted octanol–water partition coefficient (Wildman–Crippen LogP) is 7.15. The van der Waals surface area contributed by atoms with Crippen molar-refractivity contribution in [2.45, 2.75) is 161 Å². The van der Waals surface area contributed by atoms with Crippen molar-refractivity contribution in [1.29, 1.82) is 0 Å². The number of hydrogen-bond acceptors (Lipinski definition) is 5. The zero-order chi connectivity index (χ0) is 28.9. The summed E-state index contributed by atoms with van der Waals surface area (Å²) in [7, 11) is 0. The molecule has 0 amide bonds. The Morgan fingerprint density at radius 2 is 0.895 bits per heavy atom. The van der Waals surface area contributed by atoms with Crippen molar-refractivity contribution in [1.82, 2.24) is 0 Å². The van der Waals surface area contributed by atoms with E-state index in [4.69, 9.17) is 0 Å². The van der Waals surface area contributed by atoms with Crippen molar-refractivity contribution in [2.24, 2.45) is 5.41 Å². The second-order valence-electron chi connectivity index (χ2n) is 10.9. The molecule has 0 aromatic rings. The number of rotatable bonds is 27. The highest BCUT2D eigenvalue weighted by atomic mass is 16.4. The number of ketones is 1. The number of carboxylic acids is 3. The molecule has 0 saturated carbocycles. The highest BCUT2D eigenvalue weighted by molar-refractivity contribution is 6.09. The van der Waals surface area contributed by atoms with Gasteiger partial charge in [0.25, 0.3) is 0 Å². The van der Waals surface area contributed by atoms with E-state index in [1.165, 1.54) is 64.2 Å². The van der Waals surface area contributed by atoms with Crippen LogP contribution in [0.5, 0.6) is 0 Å². The monoisotopic (exact) mass is 542 g/mol. The average molecular weight is 543 g/mol. The molecule has 2 unspecified atom stereocenters. The van der Waals surface area contributed by atoms with Gasteiger partial charge in [0.2, 0.25) is 0 Å². The number of aliphatic hydroxyl groups is 1. The van der Waals surface area contributed by atoms with Gasteiger partial charge in [0, 0.05) is 6.42 Å². The predicted molar refractivity (Wildman–Crippen MR) is 148 cm³/mol. The molecule has 0 aromatic carbocycles. The average Bonchev–Trinajstić information content (AvgIpc) is 2.85. The maximum absolute atomic E-state index is 13.1. The van der Waals surface area contributed by atoms with Gasteiger partial charge in [0.1, 0.15) is 0 Å². The lowest BCUT2D eigenvalue weighted by Crippen LogP contribution is -2.63. The lowest BCUT2D eigenvalue weighted by atomic mass is 9.63. The first-order chi connectivity index (χ1) is 18.1. The maximum Gasteiger partial charge on any atom is 0.338 e. The molecule has 0 aromatic heterocycles. The van der Waals surface area contributed by atoms with Gasteiger partial charge in [-0.15, -0.1) is 0 Å². The number of carboxylic acid groups (broad SMARTS) is 3. The largest absolute Gasteiger partial charge is 0.481 e. The van der Waals surface area contributed by atoms with E-state index in [2.05, 4.69) is 6.92 Å². The molecule has 0 rings (SSSR count). The number of hydrogen-bond donors (Lipinski definition) is 4. The molecule has 8 nitrogen and oxygen atoms in total. The minimum Gasteiger partial charge on any atom is -0.481 e. The van der Waals surface area contributed by atoms with Gasteiger partial charge >= 0.3 is 17.9 Å². The topological polar surface area (TPSA) is 149 Å². The molecule has 38 heavy (non-hydrogen) atoms. The zero-order valence-electron chi connectivity index (χ0n) is 24.0. The summed E-state index contributed by atoms with van der Waals surface area (Å²) in [6, 6.07) is 0. The molecule has 0 bridgehead atoms. The second kappa shape index (κ2) is 20.9. The van der Waals surface area contributed by atoms with Crippen molar-refractivity contribution >= 4 is 23.7 Å². The summed E-state index contributed by atoms with van der Waals surface area (Å²) >= 11 is 0. The van der Waals surface area contributed by atoms with Crippen LogP contribution in [-0.2, 0) is 19.2 Å². The Morgan fingerprint density at radius 3 is 1.24 bits per heavy atom. The van der Waals surface area contributed by atoms with E-state index in [1.54, 1.807) is 0 Å². The molecule has 0 aliphatic rings. The van der Waals surface area contributed by atoms with Crippen LogP contribution >= 0.6 is 0 Å². The lowest BCUT2D eigenvalue weighted by molar-refractivity contribution is -0.196. The van der Waals surface area contributed by atoms with Crippen LogP contribution in [0.3, 0.4) is 0 Å². The van der Waals surface area contributed by atoms with Crippen molar-refractivity contribution in [3.8, 4) is 0 Å². The number of carbonyl (C=O) groups excluding carboxylic acids is 1. The molecule has 0 radical (unpaired) electrons. The third kappa shape index (κ3) is 12.7. The van der Waals surface area contributed by atoms with Gasteiger partial charge in [0.05, 0.1) is 6.42 Å². The molecule has 0 heterocycles. The van der Waals surface area contributed by atoms with E-state index >= 15 is 0 Å². The van der Waals surface area contributed by atoms with Crippen molar-refractivity contribution in [3.05, 3.63) is 0 Å². The van der Waals surface area contributed by atoms with Crippen molar-refractivity contribution in [2.75, 3.05) is 0 Å². The van der Waals surface area contributed by atoms with Crippen LogP contribution in [0.15, 0.2) is 0 Å². The van der Waals surface area contributed by atoms with Gasteiger partial charge in [-0.3, -0.25) is 14.4 Å². The summed E-state index contributed by atoms with van der Waals surface area (Å²) < 4.78 is 0. The Kier molecular flexibility index (Phi) is 19.9. The maximum atomic E-state index is 13.1. The molecule has 222 valence electrons. The van der Waals surface area contributed by atoms with Crippen LogP contribution in [0.1, 0.15) is 155 Å². The van der Waals surface area contributed by atoms with Gasteiger partial charge in [-0.05, 0) is 12.8 Å². The Bertz CT molecular complexity index is 692. The highest BCUT2D eigenvalue weighted by Crippen LogP contribution is 2.43. The Morgan fingerprint density at radius 1 is 0.526 bits per heavy atom. The van der Waals surface area contributed by atoms with Gasteiger partial charge in [-0.1, -0.05) is 129 Å². The number of unbranched alkanes of at least 4 members (excludes halogenated alkanes) is 17. The number of aliphatic carboxylic acids is 3.